The van der Waals surface area contributed by atoms with Gasteiger partial charge < -0.3 is 9.47 Å². The number of rotatable bonds is 2. The van der Waals surface area contributed by atoms with Gasteiger partial charge in [-0.2, -0.15) is 0 Å². The number of ether oxygens (including phenoxy) is 2. The molecule has 0 radical (unpaired) electrons. The maximum Gasteiger partial charge on any atom is 0.125 e. The fraction of sp³-hybridized carbons (Fsp3) is 0.636. The van der Waals surface area contributed by atoms with Crippen LogP contribution in [0.15, 0.2) is 23.0 Å². The molecule has 0 bridgehead atoms. The molecule has 1 atom stereocenters. The fourth-order valence-corrected chi connectivity index (χ4v) is 2.21. The van der Waals surface area contributed by atoms with E-state index in [0.717, 1.165) is 25.3 Å². The number of hydrogen-bond donors (Lipinski definition) is 0. The summed E-state index contributed by atoms with van der Waals surface area (Å²) in [4.78, 5) is 2.31. The van der Waals surface area contributed by atoms with Crippen LogP contribution in [0.5, 0.6) is 0 Å². The first-order chi connectivity index (χ1) is 6.74. The van der Waals surface area contributed by atoms with Gasteiger partial charge in [-0.15, -0.1) is 0 Å². The topological polar surface area (TPSA) is 21.7 Å². The monoisotopic (exact) mass is 195 g/mol. The molecule has 2 rings (SSSR count). The molecule has 0 amide bonds. The van der Waals surface area contributed by atoms with Crippen LogP contribution in [0.1, 0.15) is 6.42 Å². The lowest BCUT2D eigenvalue weighted by molar-refractivity contribution is 0.0768. The van der Waals surface area contributed by atoms with E-state index in [9.17, 15) is 0 Å². The second kappa shape index (κ2) is 3.75. The zero-order valence-electron chi connectivity index (χ0n) is 9.04. The standard InChI is InChI=1S/C11H17NO2/c1-12-6-8-4-10(13-2)11(14-3)5-9(8)7-12/h4,11H,5-7H2,1-3H3. The van der Waals surface area contributed by atoms with E-state index in [4.69, 9.17) is 9.47 Å². The summed E-state index contributed by atoms with van der Waals surface area (Å²) >= 11 is 0. The highest BCUT2D eigenvalue weighted by Crippen LogP contribution is 2.30. The molecule has 0 aromatic rings. The molecule has 3 heteroatoms. The van der Waals surface area contributed by atoms with Crippen molar-refractivity contribution in [3.63, 3.8) is 0 Å². The van der Waals surface area contributed by atoms with Crippen LogP contribution in [0.4, 0.5) is 0 Å². The first-order valence-corrected chi connectivity index (χ1v) is 4.92. The largest absolute Gasteiger partial charge is 0.498 e. The first-order valence-electron chi connectivity index (χ1n) is 4.92. The van der Waals surface area contributed by atoms with Crippen LogP contribution in [0.2, 0.25) is 0 Å². The number of nitrogens with zero attached hydrogens (tertiary/aromatic N) is 1. The Bertz CT molecular complexity index is 294. The predicted octanol–water partition coefficient (Wildman–Crippen LogP) is 1.18. The first kappa shape index (κ1) is 9.74. The Balaban J connectivity index is 2.20. The third-order valence-corrected chi connectivity index (χ3v) is 2.94. The van der Waals surface area contributed by atoms with E-state index < -0.39 is 0 Å². The summed E-state index contributed by atoms with van der Waals surface area (Å²) in [6, 6.07) is 0. The van der Waals surface area contributed by atoms with Crippen molar-refractivity contribution in [1.29, 1.82) is 0 Å². The lowest BCUT2D eigenvalue weighted by Gasteiger charge is -2.22. The van der Waals surface area contributed by atoms with Crippen molar-refractivity contribution in [2.24, 2.45) is 0 Å². The van der Waals surface area contributed by atoms with Crippen LogP contribution >= 0.6 is 0 Å². The van der Waals surface area contributed by atoms with Gasteiger partial charge in [0, 0.05) is 26.6 Å². The molecular weight excluding hydrogens is 178 g/mol. The highest BCUT2D eigenvalue weighted by Gasteiger charge is 2.28. The molecular formula is C11H17NO2. The highest BCUT2D eigenvalue weighted by atomic mass is 16.5. The summed E-state index contributed by atoms with van der Waals surface area (Å²) in [6.45, 7) is 2.11. The SMILES string of the molecule is COC1=CC2=C(CC1OC)CN(C)C2. The lowest BCUT2D eigenvalue weighted by Crippen LogP contribution is -2.20. The Kier molecular flexibility index (Phi) is 2.61. The summed E-state index contributed by atoms with van der Waals surface area (Å²) in [5.74, 6) is 0.960. The van der Waals surface area contributed by atoms with E-state index in [1.807, 2.05) is 0 Å². The average molecular weight is 195 g/mol. The van der Waals surface area contributed by atoms with Crippen LogP contribution in [0, 0.1) is 0 Å². The Morgan fingerprint density at radius 1 is 1.36 bits per heavy atom. The van der Waals surface area contributed by atoms with Gasteiger partial charge in [0.05, 0.1) is 7.11 Å². The van der Waals surface area contributed by atoms with Gasteiger partial charge in [-0.3, -0.25) is 4.90 Å². The molecule has 0 saturated heterocycles. The van der Waals surface area contributed by atoms with Crippen LogP contribution in [0.3, 0.4) is 0 Å². The van der Waals surface area contributed by atoms with E-state index in [1.54, 1.807) is 14.2 Å². The van der Waals surface area contributed by atoms with E-state index in [1.165, 1.54) is 11.1 Å². The molecule has 78 valence electrons. The normalized spacial score (nSPS) is 27.6. The van der Waals surface area contributed by atoms with E-state index in [-0.39, 0.29) is 6.10 Å². The van der Waals surface area contributed by atoms with Crippen molar-refractivity contribution < 1.29 is 9.47 Å². The molecule has 1 unspecified atom stereocenters. The van der Waals surface area contributed by atoms with Gasteiger partial charge in [-0.25, -0.2) is 0 Å². The Labute approximate surface area is 85.0 Å². The second-order valence-electron chi connectivity index (χ2n) is 3.98. The van der Waals surface area contributed by atoms with Crippen molar-refractivity contribution >= 4 is 0 Å². The summed E-state index contributed by atoms with van der Waals surface area (Å²) in [5.41, 5.74) is 2.91. The molecule has 0 N–H and O–H groups in total. The average Bonchev–Trinajstić information content (AvgIpc) is 2.54. The van der Waals surface area contributed by atoms with Gasteiger partial charge in [0.1, 0.15) is 11.9 Å². The van der Waals surface area contributed by atoms with Crippen molar-refractivity contribution in [3.05, 3.63) is 23.0 Å². The highest BCUT2D eigenvalue weighted by molar-refractivity contribution is 5.39. The van der Waals surface area contributed by atoms with E-state index in [2.05, 4.69) is 18.0 Å². The molecule has 0 aromatic heterocycles. The van der Waals surface area contributed by atoms with Gasteiger partial charge in [0.2, 0.25) is 0 Å². The van der Waals surface area contributed by atoms with Crippen molar-refractivity contribution in [3.8, 4) is 0 Å². The van der Waals surface area contributed by atoms with Crippen LogP contribution in [-0.2, 0) is 9.47 Å². The molecule has 0 fully saturated rings. The maximum atomic E-state index is 5.39. The Morgan fingerprint density at radius 3 is 2.79 bits per heavy atom. The molecule has 1 aliphatic carbocycles. The molecule has 3 nitrogen and oxygen atoms in total. The maximum absolute atomic E-state index is 5.39. The zero-order valence-corrected chi connectivity index (χ0v) is 9.04. The number of hydrogen-bond acceptors (Lipinski definition) is 3. The Hall–Kier alpha value is -0.800. The molecule has 14 heavy (non-hydrogen) atoms. The molecule has 0 spiro atoms. The second-order valence-corrected chi connectivity index (χ2v) is 3.98. The van der Waals surface area contributed by atoms with Crippen molar-refractivity contribution in [2.75, 3.05) is 34.4 Å². The molecule has 0 saturated carbocycles. The number of likely N-dealkylation sites (N-methyl/N-ethyl adjacent to an activating group) is 1. The molecule has 1 heterocycles. The molecule has 2 aliphatic rings. The summed E-state index contributed by atoms with van der Waals surface area (Å²) in [7, 11) is 5.59. The van der Waals surface area contributed by atoms with Gasteiger partial charge in [0.15, 0.2) is 0 Å². The smallest absolute Gasteiger partial charge is 0.125 e. The van der Waals surface area contributed by atoms with Crippen molar-refractivity contribution in [1.82, 2.24) is 4.90 Å². The zero-order chi connectivity index (χ0) is 10.1. The fourth-order valence-electron chi connectivity index (χ4n) is 2.21. The summed E-state index contributed by atoms with van der Waals surface area (Å²) < 4.78 is 10.7. The third kappa shape index (κ3) is 1.57. The van der Waals surface area contributed by atoms with Crippen molar-refractivity contribution in [2.45, 2.75) is 12.5 Å². The van der Waals surface area contributed by atoms with E-state index in [0.29, 0.717) is 0 Å². The van der Waals surface area contributed by atoms with Gasteiger partial charge in [0.25, 0.3) is 0 Å². The molecule has 0 aromatic carbocycles. The molecule has 1 aliphatic heterocycles. The number of methoxy groups -OCH3 is 2. The summed E-state index contributed by atoms with van der Waals surface area (Å²) in [6.07, 6.45) is 3.23. The van der Waals surface area contributed by atoms with Gasteiger partial charge in [-0.1, -0.05) is 0 Å². The van der Waals surface area contributed by atoms with Crippen LogP contribution < -0.4 is 0 Å². The predicted molar refractivity (Wildman–Crippen MR) is 55.0 cm³/mol. The minimum Gasteiger partial charge on any atom is -0.498 e. The third-order valence-electron chi connectivity index (χ3n) is 2.94. The van der Waals surface area contributed by atoms with Gasteiger partial charge >= 0.3 is 0 Å². The van der Waals surface area contributed by atoms with Crippen LogP contribution in [-0.4, -0.2) is 45.4 Å². The van der Waals surface area contributed by atoms with Gasteiger partial charge in [-0.05, 0) is 24.3 Å². The Morgan fingerprint density at radius 2 is 2.14 bits per heavy atom. The van der Waals surface area contributed by atoms with E-state index >= 15 is 0 Å². The minimum absolute atomic E-state index is 0.116. The van der Waals surface area contributed by atoms with Crippen LogP contribution in [0.25, 0.3) is 0 Å². The quantitative estimate of drug-likeness (QED) is 0.660. The minimum atomic E-state index is 0.116. The summed E-state index contributed by atoms with van der Waals surface area (Å²) in [5, 5.41) is 0. The lowest BCUT2D eigenvalue weighted by atomic mass is 9.96.